The molecule has 8 heteroatoms. The van der Waals surface area contributed by atoms with E-state index >= 15 is 0 Å². The van der Waals surface area contributed by atoms with E-state index in [1.807, 2.05) is 13.1 Å². The number of benzene rings is 1. The van der Waals surface area contributed by atoms with Gasteiger partial charge < -0.3 is 10.1 Å². The topological polar surface area (TPSA) is 82.4 Å². The van der Waals surface area contributed by atoms with Crippen LogP contribution in [0.4, 0.5) is 0 Å². The van der Waals surface area contributed by atoms with E-state index in [1.165, 1.54) is 29.6 Å². The molecule has 1 fully saturated rings. The second-order valence-corrected chi connectivity index (χ2v) is 6.87. The van der Waals surface area contributed by atoms with Crippen molar-refractivity contribution in [3.8, 4) is 11.8 Å². The molecule has 1 N–H and O–H groups in total. The first-order valence-corrected chi connectivity index (χ1v) is 8.22. The lowest BCUT2D eigenvalue weighted by Gasteiger charge is -2.32. The third-order valence-corrected chi connectivity index (χ3v) is 5.61. The average Bonchev–Trinajstić information content (AvgIpc) is 2.54. The van der Waals surface area contributed by atoms with Gasteiger partial charge in [0.15, 0.2) is 0 Å². The van der Waals surface area contributed by atoms with Gasteiger partial charge in [-0.1, -0.05) is 0 Å². The van der Waals surface area contributed by atoms with E-state index < -0.39 is 10.0 Å². The lowest BCUT2D eigenvalue weighted by molar-refractivity contribution is 0.291. The second-order valence-electron chi connectivity index (χ2n) is 4.97. The molecule has 22 heavy (non-hydrogen) atoms. The highest BCUT2D eigenvalue weighted by Crippen LogP contribution is 2.29. The Kier molecular flexibility index (Phi) is 6.63. The molecule has 0 saturated carbocycles. The molecule has 2 rings (SSSR count). The van der Waals surface area contributed by atoms with Crippen LogP contribution in [0.25, 0.3) is 0 Å². The molecule has 1 saturated heterocycles. The Morgan fingerprint density at radius 3 is 2.77 bits per heavy atom. The van der Waals surface area contributed by atoms with Crippen LogP contribution in [0.3, 0.4) is 0 Å². The van der Waals surface area contributed by atoms with Gasteiger partial charge in [0.2, 0.25) is 10.0 Å². The Bertz CT molecular complexity index is 658. The van der Waals surface area contributed by atoms with Crippen LogP contribution in [0, 0.1) is 11.3 Å². The molecule has 1 heterocycles. The molecule has 1 aliphatic heterocycles. The predicted molar refractivity (Wildman–Crippen MR) is 85.8 cm³/mol. The third-order valence-electron chi connectivity index (χ3n) is 3.70. The minimum absolute atomic E-state index is 0. The first kappa shape index (κ1) is 18.7. The zero-order chi connectivity index (χ0) is 15.5. The van der Waals surface area contributed by atoms with Crippen LogP contribution in [0.1, 0.15) is 18.4 Å². The van der Waals surface area contributed by atoms with Gasteiger partial charge in [0.1, 0.15) is 10.6 Å². The monoisotopic (exact) mass is 345 g/mol. The molecule has 0 bridgehead atoms. The van der Waals surface area contributed by atoms with Crippen LogP contribution in [0.15, 0.2) is 23.1 Å². The first-order valence-electron chi connectivity index (χ1n) is 6.78. The average molecular weight is 346 g/mol. The zero-order valence-electron chi connectivity index (χ0n) is 12.6. The van der Waals surface area contributed by atoms with Crippen molar-refractivity contribution in [3.63, 3.8) is 0 Å². The summed E-state index contributed by atoms with van der Waals surface area (Å²) in [5, 5.41) is 12.0. The van der Waals surface area contributed by atoms with Crippen molar-refractivity contribution in [2.45, 2.75) is 23.8 Å². The number of piperidine rings is 1. The SMILES string of the molecule is CNC1CCCN(S(=O)(=O)c2ccc(C#N)cc2OC)C1.Cl. The lowest BCUT2D eigenvalue weighted by atomic mass is 10.1. The molecule has 1 atom stereocenters. The lowest BCUT2D eigenvalue weighted by Crippen LogP contribution is -2.46. The number of rotatable bonds is 4. The fourth-order valence-corrected chi connectivity index (χ4v) is 4.15. The van der Waals surface area contributed by atoms with Gasteiger partial charge in [-0.15, -0.1) is 12.4 Å². The van der Waals surface area contributed by atoms with E-state index in [4.69, 9.17) is 10.00 Å². The Hall–Kier alpha value is -1.33. The van der Waals surface area contributed by atoms with Crippen molar-refractivity contribution < 1.29 is 13.2 Å². The van der Waals surface area contributed by atoms with Crippen molar-refractivity contribution >= 4 is 22.4 Å². The predicted octanol–water partition coefficient (Wildman–Crippen LogP) is 1.36. The molecule has 1 aromatic rings. The molecule has 0 aliphatic carbocycles. The van der Waals surface area contributed by atoms with Crippen LogP contribution < -0.4 is 10.1 Å². The Labute approximate surface area is 137 Å². The summed E-state index contributed by atoms with van der Waals surface area (Å²) in [7, 11) is -0.373. The Morgan fingerprint density at radius 2 is 2.18 bits per heavy atom. The number of likely N-dealkylation sites (N-methyl/N-ethyl adjacent to an activating group) is 1. The van der Waals surface area contributed by atoms with E-state index in [0.29, 0.717) is 18.7 Å². The van der Waals surface area contributed by atoms with E-state index in [-0.39, 0.29) is 29.1 Å². The van der Waals surface area contributed by atoms with E-state index in [0.717, 1.165) is 12.8 Å². The normalized spacial score (nSPS) is 19.0. The minimum Gasteiger partial charge on any atom is -0.495 e. The van der Waals surface area contributed by atoms with Gasteiger partial charge in [0.25, 0.3) is 0 Å². The smallest absolute Gasteiger partial charge is 0.246 e. The highest BCUT2D eigenvalue weighted by Gasteiger charge is 2.31. The number of nitrogens with zero attached hydrogens (tertiary/aromatic N) is 2. The van der Waals surface area contributed by atoms with Gasteiger partial charge in [-0.25, -0.2) is 8.42 Å². The van der Waals surface area contributed by atoms with Gasteiger partial charge in [-0.05, 0) is 38.1 Å². The molecule has 0 spiro atoms. The highest BCUT2D eigenvalue weighted by atomic mass is 35.5. The van der Waals surface area contributed by atoms with Crippen LogP contribution in [0.2, 0.25) is 0 Å². The number of ether oxygens (including phenoxy) is 1. The number of nitrogens with one attached hydrogen (secondary N) is 1. The van der Waals surface area contributed by atoms with Gasteiger partial charge in [0, 0.05) is 19.1 Å². The maximum absolute atomic E-state index is 12.8. The summed E-state index contributed by atoms with van der Waals surface area (Å²) in [6.07, 6.45) is 1.79. The number of hydrogen-bond acceptors (Lipinski definition) is 5. The number of nitriles is 1. The number of sulfonamides is 1. The summed E-state index contributed by atoms with van der Waals surface area (Å²) in [4.78, 5) is 0.112. The highest BCUT2D eigenvalue weighted by molar-refractivity contribution is 7.89. The number of hydrogen-bond donors (Lipinski definition) is 1. The van der Waals surface area contributed by atoms with Crippen molar-refractivity contribution in [3.05, 3.63) is 23.8 Å². The molecule has 1 aromatic carbocycles. The van der Waals surface area contributed by atoms with Crippen LogP contribution in [-0.4, -0.2) is 46.0 Å². The molecule has 122 valence electrons. The number of halogens is 1. The van der Waals surface area contributed by atoms with Gasteiger partial charge in [-0.3, -0.25) is 0 Å². The minimum atomic E-state index is -3.61. The summed E-state index contributed by atoms with van der Waals surface area (Å²) < 4.78 is 32.1. The molecular formula is C14H20ClN3O3S. The largest absolute Gasteiger partial charge is 0.495 e. The maximum Gasteiger partial charge on any atom is 0.246 e. The van der Waals surface area contributed by atoms with Crippen molar-refractivity contribution in [2.75, 3.05) is 27.2 Å². The van der Waals surface area contributed by atoms with Crippen molar-refractivity contribution in [2.24, 2.45) is 0 Å². The molecule has 0 aromatic heterocycles. The van der Waals surface area contributed by atoms with Crippen molar-refractivity contribution in [1.82, 2.24) is 9.62 Å². The molecule has 1 unspecified atom stereocenters. The summed E-state index contributed by atoms with van der Waals surface area (Å²) in [5.41, 5.74) is 0.373. The fraction of sp³-hybridized carbons (Fsp3) is 0.500. The molecule has 0 amide bonds. The van der Waals surface area contributed by atoms with Gasteiger partial charge in [-0.2, -0.15) is 9.57 Å². The quantitative estimate of drug-likeness (QED) is 0.891. The van der Waals surface area contributed by atoms with Crippen LogP contribution in [-0.2, 0) is 10.0 Å². The van der Waals surface area contributed by atoms with E-state index in [1.54, 1.807) is 0 Å². The first-order chi connectivity index (χ1) is 10.0. The van der Waals surface area contributed by atoms with Gasteiger partial charge >= 0.3 is 0 Å². The Morgan fingerprint density at radius 1 is 1.45 bits per heavy atom. The number of methoxy groups -OCH3 is 1. The molecular weight excluding hydrogens is 326 g/mol. The molecule has 0 radical (unpaired) electrons. The standard InChI is InChI=1S/C14H19N3O3S.ClH/c1-16-12-4-3-7-17(10-12)21(18,19)14-6-5-11(9-15)8-13(14)20-2;/h5-6,8,12,16H,3-4,7,10H2,1-2H3;1H. The third kappa shape index (κ3) is 3.70. The Balaban J connectivity index is 0.00000242. The van der Waals surface area contributed by atoms with Crippen molar-refractivity contribution in [1.29, 1.82) is 5.26 Å². The van der Waals surface area contributed by atoms with Crippen LogP contribution >= 0.6 is 12.4 Å². The zero-order valence-corrected chi connectivity index (χ0v) is 14.2. The maximum atomic E-state index is 12.8. The fourth-order valence-electron chi connectivity index (χ4n) is 2.49. The summed E-state index contributed by atoms with van der Waals surface area (Å²) in [5.74, 6) is 0.209. The van der Waals surface area contributed by atoms with Gasteiger partial charge in [0.05, 0.1) is 18.7 Å². The summed E-state index contributed by atoms with van der Waals surface area (Å²) in [6, 6.07) is 6.53. The van der Waals surface area contributed by atoms with E-state index in [2.05, 4.69) is 5.32 Å². The van der Waals surface area contributed by atoms with E-state index in [9.17, 15) is 8.42 Å². The second kappa shape index (κ2) is 7.79. The summed E-state index contributed by atoms with van der Waals surface area (Å²) in [6.45, 7) is 0.950. The summed E-state index contributed by atoms with van der Waals surface area (Å²) >= 11 is 0. The molecule has 1 aliphatic rings. The molecule has 6 nitrogen and oxygen atoms in total. The van der Waals surface area contributed by atoms with Crippen LogP contribution in [0.5, 0.6) is 5.75 Å².